The molecule has 1 N–H and O–H groups in total. The molecule has 0 spiro atoms. The van der Waals surface area contributed by atoms with E-state index < -0.39 is 11.9 Å². The van der Waals surface area contributed by atoms with Gasteiger partial charge in [0.05, 0.1) is 12.1 Å². The minimum Gasteiger partial charge on any atom is -0.493 e. The summed E-state index contributed by atoms with van der Waals surface area (Å²) in [7, 11) is 1.51. The normalized spacial score (nSPS) is 14.9. The number of carbonyl (C=O) groups is 2. The molecule has 3 amide bonds. The van der Waals surface area contributed by atoms with Crippen molar-refractivity contribution < 1.29 is 19.1 Å². The van der Waals surface area contributed by atoms with E-state index in [-0.39, 0.29) is 12.2 Å². The van der Waals surface area contributed by atoms with E-state index in [1.807, 2.05) is 30.3 Å². The van der Waals surface area contributed by atoms with Crippen LogP contribution < -0.4 is 14.8 Å². The summed E-state index contributed by atoms with van der Waals surface area (Å²) in [5.41, 5.74) is 1.74. The number of hydrogen-bond donors (Lipinski definition) is 1. The third kappa shape index (κ3) is 4.18. The Bertz CT molecular complexity index is 941. The van der Waals surface area contributed by atoms with E-state index in [4.69, 9.17) is 21.1 Å². The van der Waals surface area contributed by atoms with Crippen molar-refractivity contribution in [2.45, 2.75) is 6.61 Å². The Hall–Kier alpha value is -3.25. The van der Waals surface area contributed by atoms with Crippen molar-refractivity contribution in [2.75, 3.05) is 13.7 Å². The highest BCUT2D eigenvalue weighted by Crippen LogP contribution is 2.37. The average molecular weight is 399 g/mol. The summed E-state index contributed by atoms with van der Waals surface area (Å²) in [6.45, 7) is 4.02. The molecule has 1 heterocycles. The van der Waals surface area contributed by atoms with Crippen molar-refractivity contribution in [3.05, 3.63) is 77.0 Å². The van der Waals surface area contributed by atoms with E-state index >= 15 is 0 Å². The zero-order valence-electron chi connectivity index (χ0n) is 15.3. The van der Waals surface area contributed by atoms with Gasteiger partial charge in [0.15, 0.2) is 11.5 Å². The maximum Gasteiger partial charge on any atom is 0.329 e. The monoisotopic (exact) mass is 398 g/mol. The van der Waals surface area contributed by atoms with Crippen LogP contribution >= 0.6 is 11.6 Å². The molecule has 0 bridgehead atoms. The number of ether oxygens (including phenoxy) is 2. The van der Waals surface area contributed by atoms with Gasteiger partial charge in [0, 0.05) is 6.54 Å². The molecule has 0 radical (unpaired) electrons. The molecule has 2 aromatic rings. The molecule has 1 saturated heterocycles. The Morgan fingerprint density at radius 3 is 2.64 bits per heavy atom. The molecule has 0 aromatic heterocycles. The van der Waals surface area contributed by atoms with Crippen molar-refractivity contribution in [2.24, 2.45) is 0 Å². The van der Waals surface area contributed by atoms with Crippen LogP contribution in [0, 0.1) is 0 Å². The van der Waals surface area contributed by atoms with E-state index in [0.717, 1.165) is 10.5 Å². The number of nitrogens with one attached hydrogen (secondary N) is 1. The molecule has 2 aromatic carbocycles. The summed E-state index contributed by atoms with van der Waals surface area (Å²) in [4.78, 5) is 25.3. The summed E-state index contributed by atoms with van der Waals surface area (Å²) in [6, 6.07) is 12.5. The molecule has 0 unspecified atom stereocenters. The summed E-state index contributed by atoms with van der Waals surface area (Å²) < 4.78 is 11.2. The predicted octanol–water partition coefficient (Wildman–Crippen LogP) is 4.01. The summed E-state index contributed by atoms with van der Waals surface area (Å²) in [6.07, 6.45) is 3.03. The summed E-state index contributed by atoms with van der Waals surface area (Å²) in [5, 5.41) is 2.88. The van der Waals surface area contributed by atoms with Gasteiger partial charge in [-0.2, -0.15) is 0 Å². The smallest absolute Gasteiger partial charge is 0.329 e. The number of halogens is 1. The van der Waals surface area contributed by atoms with Gasteiger partial charge in [0.2, 0.25) is 0 Å². The van der Waals surface area contributed by atoms with Crippen molar-refractivity contribution >= 4 is 29.6 Å². The third-order valence-electron chi connectivity index (χ3n) is 4.06. The molecule has 1 fully saturated rings. The lowest BCUT2D eigenvalue weighted by Crippen LogP contribution is -2.30. The third-order valence-corrected chi connectivity index (χ3v) is 4.34. The highest BCUT2D eigenvalue weighted by atomic mass is 35.5. The predicted molar refractivity (Wildman–Crippen MR) is 107 cm³/mol. The lowest BCUT2D eigenvalue weighted by atomic mass is 10.1. The Morgan fingerprint density at radius 2 is 1.96 bits per heavy atom. The molecule has 1 aliphatic rings. The number of nitrogens with zero attached hydrogens (tertiary/aromatic N) is 1. The van der Waals surface area contributed by atoms with Crippen molar-refractivity contribution in [3.63, 3.8) is 0 Å². The standard InChI is InChI=1S/C21H19ClN2O4/c1-3-9-24-20(25)17(23-21(24)26)11-15-10-16(22)19(18(12-15)27-2)28-13-14-7-5-4-6-8-14/h3-8,10-12H,1,9,13H2,2H3,(H,23,26). The van der Waals surface area contributed by atoms with Crippen LogP contribution in [-0.2, 0) is 11.4 Å². The van der Waals surface area contributed by atoms with E-state index in [9.17, 15) is 9.59 Å². The molecule has 28 heavy (non-hydrogen) atoms. The highest BCUT2D eigenvalue weighted by Gasteiger charge is 2.32. The van der Waals surface area contributed by atoms with Crippen LogP contribution in [0.2, 0.25) is 5.02 Å². The fraction of sp³-hybridized carbons (Fsp3) is 0.143. The lowest BCUT2D eigenvalue weighted by Gasteiger charge is -2.13. The lowest BCUT2D eigenvalue weighted by molar-refractivity contribution is -0.122. The van der Waals surface area contributed by atoms with E-state index in [1.165, 1.54) is 13.2 Å². The fourth-order valence-corrected chi connectivity index (χ4v) is 3.00. The van der Waals surface area contributed by atoms with Crippen LogP contribution in [0.4, 0.5) is 4.79 Å². The van der Waals surface area contributed by atoms with E-state index in [2.05, 4.69) is 11.9 Å². The number of rotatable bonds is 7. The summed E-state index contributed by atoms with van der Waals surface area (Å²) >= 11 is 6.38. The Kier molecular flexibility index (Phi) is 6.01. The van der Waals surface area contributed by atoms with Gasteiger partial charge >= 0.3 is 6.03 Å². The van der Waals surface area contributed by atoms with Crippen molar-refractivity contribution in [3.8, 4) is 11.5 Å². The highest BCUT2D eigenvalue weighted by molar-refractivity contribution is 6.32. The first-order valence-electron chi connectivity index (χ1n) is 8.53. The zero-order chi connectivity index (χ0) is 20.1. The number of urea groups is 1. The molecule has 144 valence electrons. The van der Waals surface area contributed by atoms with Crippen LogP contribution in [0.5, 0.6) is 11.5 Å². The fourth-order valence-electron chi connectivity index (χ4n) is 2.73. The number of carbonyl (C=O) groups excluding carboxylic acids is 2. The first kappa shape index (κ1) is 19.5. The van der Waals surface area contributed by atoms with Gasteiger partial charge in [-0.3, -0.25) is 9.69 Å². The minimum absolute atomic E-state index is 0.137. The van der Waals surface area contributed by atoms with Gasteiger partial charge < -0.3 is 14.8 Å². The van der Waals surface area contributed by atoms with Gasteiger partial charge in [0.1, 0.15) is 12.3 Å². The van der Waals surface area contributed by atoms with Crippen LogP contribution in [0.25, 0.3) is 6.08 Å². The molecule has 3 rings (SSSR count). The van der Waals surface area contributed by atoms with E-state index in [1.54, 1.807) is 18.2 Å². The first-order valence-corrected chi connectivity index (χ1v) is 8.91. The molecule has 6 nitrogen and oxygen atoms in total. The van der Waals surface area contributed by atoms with Gasteiger partial charge in [-0.05, 0) is 29.3 Å². The number of hydrogen-bond acceptors (Lipinski definition) is 4. The van der Waals surface area contributed by atoms with Gasteiger partial charge in [-0.25, -0.2) is 4.79 Å². The number of amides is 3. The van der Waals surface area contributed by atoms with Crippen LogP contribution in [0.15, 0.2) is 60.8 Å². The molecule has 0 saturated carbocycles. The molecule has 1 aliphatic heterocycles. The number of benzene rings is 2. The maximum absolute atomic E-state index is 12.3. The quantitative estimate of drug-likeness (QED) is 0.434. The average Bonchev–Trinajstić information content (AvgIpc) is 2.95. The molecular weight excluding hydrogens is 380 g/mol. The zero-order valence-corrected chi connectivity index (χ0v) is 16.0. The van der Waals surface area contributed by atoms with Gasteiger partial charge in [0.25, 0.3) is 5.91 Å². The van der Waals surface area contributed by atoms with Gasteiger partial charge in [-0.1, -0.05) is 48.0 Å². The largest absolute Gasteiger partial charge is 0.493 e. The molecule has 7 heteroatoms. The second-order valence-corrected chi connectivity index (χ2v) is 6.41. The number of imide groups is 1. The van der Waals surface area contributed by atoms with Crippen molar-refractivity contribution in [1.82, 2.24) is 10.2 Å². The van der Waals surface area contributed by atoms with Crippen molar-refractivity contribution in [1.29, 1.82) is 0 Å². The molecule has 0 aliphatic carbocycles. The first-order chi connectivity index (χ1) is 13.5. The van der Waals surface area contributed by atoms with Crippen LogP contribution in [-0.4, -0.2) is 30.5 Å². The summed E-state index contributed by atoms with van der Waals surface area (Å²) in [5.74, 6) is 0.407. The Labute approximate surface area is 168 Å². The van der Waals surface area contributed by atoms with Crippen LogP contribution in [0.3, 0.4) is 0 Å². The Balaban J connectivity index is 1.84. The maximum atomic E-state index is 12.3. The second kappa shape index (κ2) is 8.63. The molecule has 0 atom stereocenters. The number of methoxy groups -OCH3 is 1. The Morgan fingerprint density at radius 1 is 1.21 bits per heavy atom. The van der Waals surface area contributed by atoms with Gasteiger partial charge in [-0.15, -0.1) is 6.58 Å². The second-order valence-electron chi connectivity index (χ2n) is 6.00. The minimum atomic E-state index is -0.489. The SMILES string of the molecule is C=CCN1C(=O)NC(=Cc2cc(Cl)c(OCc3ccccc3)c(OC)c2)C1=O. The molecular formula is C21H19ClN2O4. The topological polar surface area (TPSA) is 67.9 Å². The van der Waals surface area contributed by atoms with Crippen LogP contribution in [0.1, 0.15) is 11.1 Å². The van der Waals surface area contributed by atoms with E-state index in [0.29, 0.717) is 28.7 Å².